The quantitative estimate of drug-likeness (QED) is 0.349. The Labute approximate surface area is 193 Å². The maximum absolute atomic E-state index is 12.2. The van der Waals surface area contributed by atoms with Crippen molar-refractivity contribution in [1.82, 2.24) is 4.90 Å². The summed E-state index contributed by atoms with van der Waals surface area (Å²) in [6, 6.07) is 16.4. The van der Waals surface area contributed by atoms with Crippen LogP contribution in [-0.4, -0.2) is 40.8 Å². The third kappa shape index (κ3) is 4.01. The highest BCUT2D eigenvalue weighted by Crippen LogP contribution is 2.40. The van der Waals surface area contributed by atoms with Gasteiger partial charge in [0.25, 0.3) is 0 Å². The lowest BCUT2D eigenvalue weighted by molar-refractivity contribution is -0.142. The third-order valence-electron chi connectivity index (χ3n) is 5.71. The Hall–Kier alpha value is -4.46. The van der Waals surface area contributed by atoms with Crippen LogP contribution < -0.4 is 10.2 Å². The van der Waals surface area contributed by atoms with E-state index in [4.69, 9.17) is 9.15 Å². The molecule has 1 fully saturated rings. The van der Waals surface area contributed by atoms with E-state index in [9.17, 15) is 24.3 Å². The average molecular weight is 457 g/mol. The van der Waals surface area contributed by atoms with Gasteiger partial charge >= 0.3 is 0 Å². The predicted molar refractivity (Wildman–Crippen MR) is 123 cm³/mol. The maximum atomic E-state index is 12.2. The molecule has 1 saturated heterocycles. The molecule has 0 bridgehead atoms. The summed E-state index contributed by atoms with van der Waals surface area (Å²) < 4.78 is 11.4. The Morgan fingerprint density at radius 3 is 2.41 bits per heavy atom. The van der Waals surface area contributed by atoms with Gasteiger partial charge < -0.3 is 14.3 Å². The molecule has 170 valence electrons. The third-order valence-corrected chi connectivity index (χ3v) is 5.71. The van der Waals surface area contributed by atoms with E-state index in [-0.39, 0.29) is 54.8 Å². The Bertz CT molecular complexity index is 1450. The fourth-order valence-corrected chi connectivity index (χ4v) is 4.07. The van der Waals surface area contributed by atoms with E-state index in [1.54, 1.807) is 30.3 Å². The summed E-state index contributed by atoms with van der Waals surface area (Å²) in [7, 11) is 0. The van der Waals surface area contributed by atoms with Crippen LogP contribution in [0.4, 0.5) is 0 Å². The second-order valence-corrected chi connectivity index (χ2v) is 8.04. The molecule has 0 unspecified atom stereocenters. The van der Waals surface area contributed by atoms with Gasteiger partial charge in [-0.3, -0.25) is 24.1 Å². The number of carbonyl (C=O) groups is 3. The first kappa shape index (κ1) is 21.4. The summed E-state index contributed by atoms with van der Waals surface area (Å²) in [6.07, 6.45) is 0.278. The topological polar surface area (TPSA) is 114 Å². The molecule has 0 spiro atoms. The van der Waals surface area contributed by atoms with E-state index < -0.39 is 0 Å². The number of likely N-dealkylation sites (tertiary alicyclic amines) is 1. The Balaban J connectivity index is 1.40. The van der Waals surface area contributed by atoms with Crippen molar-refractivity contribution in [2.45, 2.75) is 12.8 Å². The van der Waals surface area contributed by atoms with E-state index >= 15 is 0 Å². The van der Waals surface area contributed by atoms with Crippen LogP contribution in [0.1, 0.15) is 12.8 Å². The first-order valence-corrected chi connectivity index (χ1v) is 10.7. The van der Waals surface area contributed by atoms with Crippen molar-refractivity contribution in [3.63, 3.8) is 0 Å². The molecule has 2 aromatic rings. The molecule has 0 atom stereocenters. The van der Waals surface area contributed by atoms with Gasteiger partial charge in [-0.1, -0.05) is 12.1 Å². The van der Waals surface area contributed by atoms with Gasteiger partial charge in [0.2, 0.25) is 11.8 Å². The standard InChI is InChI=1S/C26H19NO7/c28-16-3-7-20-22(11-16)34-23-12-17(29)4-8-21(23)26(20)15-1-5-19(6-2-15)33-14-18(30)13-27-24(31)9-10-25(27)32/h1-8,11-12,28H,9-10,13-14H2. The number of phenolic OH excluding ortho intramolecular Hbond substituents is 1. The van der Waals surface area contributed by atoms with Crippen LogP contribution in [0.25, 0.3) is 33.4 Å². The molecule has 34 heavy (non-hydrogen) atoms. The number of nitrogens with zero attached hydrogens (tertiary/aromatic N) is 1. The second kappa shape index (κ2) is 8.47. The number of rotatable bonds is 6. The van der Waals surface area contributed by atoms with Gasteiger partial charge in [-0.15, -0.1) is 0 Å². The minimum absolute atomic E-state index is 0.0468. The zero-order chi connectivity index (χ0) is 23.8. The van der Waals surface area contributed by atoms with Gasteiger partial charge in [0.05, 0.1) is 6.54 Å². The highest BCUT2D eigenvalue weighted by molar-refractivity contribution is 6.05. The van der Waals surface area contributed by atoms with E-state index in [1.165, 1.54) is 18.2 Å². The molecular formula is C26H19NO7. The largest absolute Gasteiger partial charge is 0.508 e. The Morgan fingerprint density at radius 2 is 1.68 bits per heavy atom. The molecule has 0 saturated carbocycles. The summed E-state index contributed by atoms with van der Waals surface area (Å²) in [5.41, 5.74) is 2.63. The molecule has 8 heteroatoms. The average Bonchev–Trinajstić information content (AvgIpc) is 3.13. The molecule has 0 aromatic heterocycles. The van der Waals surface area contributed by atoms with Gasteiger partial charge in [0.1, 0.15) is 29.4 Å². The fraction of sp³-hybridized carbons (Fsp3) is 0.154. The summed E-state index contributed by atoms with van der Waals surface area (Å²) in [4.78, 5) is 48.3. The predicted octanol–water partition coefficient (Wildman–Crippen LogP) is 3.37. The van der Waals surface area contributed by atoms with Gasteiger partial charge in [-0.2, -0.15) is 0 Å². The summed E-state index contributed by atoms with van der Waals surface area (Å²) >= 11 is 0. The number of aromatic hydroxyl groups is 1. The molecule has 5 rings (SSSR count). The Kier molecular flexibility index (Phi) is 5.33. The molecule has 2 amide bonds. The van der Waals surface area contributed by atoms with E-state index in [0.29, 0.717) is 17.1 Å². The van der Waals surface area contributed by atoms with Crippen LogP contribution in [0.5, 0.6) is 11.5 Å². The highest BCUT2D eigenvalue weighted by atomic mass is 16.5. The molecule has 8 nitrogen and oxygen atoms in total. The van der Waals surface area contributed by atoms with Gasteiger partial charge in [0.15, 0.2) is 11.2 Å². The number of Topliss-reactive ketones (excluding diaryl/α,β-unsaturated/α-hetero) is 1. The molecule has 2 aromatic carbocycles. The second-order valence-electron chi connectivity index (χ2n) is 8.04. The summed E-state index contributed by atoms with van der Waals surface area (Å²) in [5, 5.41) is 10.6. The molecule has 2 heterocycles. The van der Waals surface area contributed by atoms with Gasteiger partial charge in [-0.05, 0) is 42.0 Å². The number of fused-ring (bicyclic) bond motifs is 2. The number of carbonyl (C=O) groups excluding carboxylic acids is 3. The molecule has 1 N–H and O–H groups in total. The first-order valence-electron chi connectivity index (χ1n) is 10.7. The lowest BCUT2D eigenvalue weighted by Crippen LogP contribution is -2.36. The monoisotopic (exact) mass is 457 g/mol. The maximum Gasteiger partial charge on any atom is 0.230 e. The van der Waals surface area contributed by atoms with Crippen LogP contribution in [0.3, 0.4) is 0 Å². The number of benzene rings is 3. The Morgan fingerprint density at radius 1 is 0.941 bits per heavy atom. The number of imide groups is 1. The number of ether oxygens (including phenoxy) is 1. The minimum Gasteiger partial charge on any atom is -0.508 e. The number of amides is 2. The van der Waals surface area contributed by atoms with Crippen molar-refractivity contribution >= 4 is 28.6 Å². The van der Waals surface area contributed by atoms with Crippen LogP contribution in [0.2, 0.25) is 0 Å². The van der Waals surface area contributed by atoms with Crippen molar-refractivity contribution in [1.29, 1.82) is 0 Å². The van der Waals surface area contributed by atoms with Crippen molar-refractivity contribution in [2.75, 3.05) is 13.2 Å². The summed E-state index contributed by atoms with van der Waals surface area (Å²) in [5.74, 6) is -0.154. The smallest absolute Gasteiger partial charge is 0.230 e. The van der Waals surface area contributed by atoms with Crippen molar-refractivity contribution in [3.8, 4) is 33.9 Å². The minimum atomic E-state index is -0.373. The highest BCUT2D eigenvalue weighted by Gasteiger charge is 2.30. The lowest BCUT2D eigenvalue weighted by atomic mass is 9.93. The number of hydrogen-bond donors (Lipinski definition) is 1. The van der Waals surface area contributed by atoms with Gasteiger partial charge in [0, 0.05) is 41.5 Å². The lowest BCUT2D eigenvalue weighted by Gasteiger charge is -2.16. The van der Waals surface area contributed by atoms with E-state index in [1.807, 2.05) is 12.1 Å². The normalized spacial score (nSPS) is 13.7. The molecule has 2 aliphatic heterocycles. The number of ketones is 1. The zero-order valence-electron chi connectivity index (χ0n) is 17.9. The molecular weight excluding hydrogens is 438 g/mol. The SMILES string of the molecule is O=C(COc1ccc(-c2c3ccc(=O)cc-3oc3cc(O)ccc23)cc1)CN1C(=O)CCC1=O. The van der Waals surface area contributed by atoms with E-state index in [2.05, 4.69) is 0 Å². The number of phenols is 1. The van der Waals surface area contributed by atoms with E-state index in [0.717, 1.165) is 27.0 Å². The molecule has 3 aliphatic rings. The zero-order valence-corrected chi connectivity index (χ0v) is 17.9. The fourth-order valence-electron chi connectivity index (χ4n) is 4.07. The van der Waals surface area contributed by atoms with Crippen molar-refractivity contribution in [2.24, 2.45) is 0 Å². The number of hydrogen-bond acceptors (Lipinski definition) is 7. The van der Waals surface area contributed by atoms with Crippen LogP contribution in [0, 0.1) is 0 Å². The van der Waals surface area contributed by atoms with Crippen LogP contribution >= 0.6 is 0 Å². The van der Waals surface area contributed by atoms with Gasteiger partial charge in [-0.25, -0.2) is 0 Å². The molecule has 0 radical (unpaired) electrons. The van der Waals surface area contributed by atoms with Crippen LogP contribution in [0.15, 0.2) is 69.9 Å². The van der Waals surface area contributed by atoms with Crippen molar-refractivity contribution in [3.05, 3.63) is 70.9 Å². The first-order chi connectivity index (χ1) is 16.4. The summed E-state index contributed by atoms with van der Waals surface area (Å²) in [6.45, 7) is -0.548. The van der Waals surface area contributed by atoms with Crippen LogP contribution in [-0.2, 0) is 14.4 Å². The molecule has 1 aliphatic carbocycles. The van der Waals surface area contributed by atoms with Crippen molar-refractivity contribution < 1.29 is 28.6 Å².